The maximum Gasteiger partial charge on any atom is 0.322 e. The Bertz CT molecular complexity index is 1050. The van der Waals surface area contributed by atoms with Crippen LogP contribution in [0.2, 0.25) is 0 Å². The van der Waals surface area contributed by atoms with Gasteiger partial charge in [0.1, 0.15) is 0 Å². The number of carbonyl (C=O) groups excluding carboxylic acids is 1. The lowest BCUT2D eigenvalue weighted by Gasteiger charge is -2.03. The molecule has 0 aliphatic heterocycles. The zero-order valence-corrected chi connectivity index (χ0v) is 14.5. The maximum absolute atomic E-state index is 12.2. The molecular formula is C18H12BrN3O3. The molecule has 4 aromatic rings. The van der Waals surface area contributed by atoms with Crippen molar-refractivity contribution in [3.8, 4) is 11.7 Å². The van der Waals surface area contributed by atoms with E-state index >= 15 is 0 Å². The fourth-order valence-corrected chi connectivity index (χ4v) is 2.81. The number of carbonyl (C=O) groups is 1. The predicted octanol–water partition coefficient (Wildman–Crippen LogP) is 4.43. The number of halogens is 1. The monoisotopic (exact) mass is 397 g/mol. The van der Waals surface area contributed by atoms with Gasteiger partial charge >= 0.3 is 6.01 Å². The van der Waals surface area contributed by atoms with Crippen LogP contribution >= 0.6 is 15.9 Å². The molecule has 6 nitrogen and oxygen atoms in total. The van der Waals surface area contributed by atoms with Crippen molar-refractivity contribution in [1.29, 1.82) is 0 Å². The van der Waals surface area contributed by atoms with E-state index < -0.39 is 0 Å². The summed E-state index contributed by atoms with van der Waals surface area (Å²) >= 11 is 3.20. The second-order valence-corrected chi connectivity index (χ2v) is 6.20. The van der Waals surface area contributed by atoms with E-state index in [-0.39, 0.29) is 24.2 Å². The lowest BCUT2D eigenvalue weighted by molar-refractivity contribution is -0.115. The quantitative estimate of drug-likeness (QED) is 0.550. The van der Waals surface area contributed by atoms with Crippen LogP contribution in [0.15, 0.2) is 68.1 Å². The minimum atomic E-state index is -0.230. The van der Waals surface area contributed by atoms with Crippen LogP contribution in [0.1, 0.15) is 5.56 Å². The van der Waals surface area contributed by atoms with Gasteiger partial charge in [0.05, 0.1) is 6.42 Å². The van der Waals surface area contributed by atoms with Crippen LogP contribution in [0.4, 0.5) is 6.01 Å². The molecular weight excluding hydrogens is 386 g/mol. The molecule has 1 N–H and O–H groups in total. The van der Waals surface area contributed by atoms with Crippen molar-refractivity contribution >= 4 is 38.6 Å². The minimum Gasteiger partial charge on any atom is -0.444 e. The van der Waals surface area contributed by atoms with E-state index in [1.807, 2.05) is 42.5 Å². The van der Waals surface area contributed by atoms with Crippen LogP contribution in [-0.2, 0) is 11.2 Å². The normalized spacial score (nSPS) is 10.9. The third-order valence-electron chi connectivity index (χ3n) is 3.63. The third kappa shape index (κ3) is 3.46. The van der Waals surface area contributed by atoms with E-state index in [1.54, 1.807) is 12.1 Å². The minimum absolute atomic E-state index is 0.0355. The first-order valence-corrected chi connectivity index (χ1v) is 8.33. The Kier molecular flexibility index (Phi) is 4.07. The van der Waals surface area contributed by atoms with Gasteiger partial charge in [-0.25, -0.2) is 0 Å². The smallest absolute Gasteiger partial charge is 0.322 e. The highest BCUT2D eigenvalue weighted by molar-refractivity contribution is 9.10. The standard InChI is InChI=1S/C18H12BrN3O3/c19-15-8-7-14(24-15)17-21-22-18(25-17)20-16(23)10-11-5-6-12-3-1-2-4-13(12)9-11/h1-9H,10H2,(H,20,22,23). The van der Waals surface area contributed by atoms with Crippen LogP contribution in [0, 0.1) is 0 Å². The summed E-state index contributed by atoms with van der Waals surface area (Å²) in [6, 6.07) is 17.4. The van der Waals surface area contributed by atoms with Crippen molar-refractivity contribution in [3.63, 3.8) is 0 Å². The highest BCUT2D eigenvalue weighted by Gasteiger charge is 2.14. The molecule has 7 heteroatoms. The van der Waals surface area contributed by atoms with E-state index in [2.05, 4.69) is 31.4 Å². The Labute approximate surface area is 151 Å². The number of fused-ring (bicyclic) bond motifs is 1. The van der Waals surface area contributed by atoms with Gasteiger partial charge in [0, 0.05) is 0 Å². The Hall–Kier alpha value is -2.93. The average Bonchev–Trinajstić information content (AvgIpc) is 3.23. The summed E-state index contributed by atoms with van der Waals surface area (Å²) in [6.07, 6.45) is 0.217. The first kappa shape index (κ1) is 15.6. The molecule has 0 bridgehead atoms. The first-order chi connectivity index (χ1) is 12.2. The van der Waals surface area contributed by atoms with Gasteiger partial charge < -0.3 is 8.83 Å². The van der Waals surface area contributed by atoms with Gasteiger partial charge in [0.15, 0.2) is 10.4 Å². The molecule has 2 heterocycles. The van der Waals surface area contributed by atoms with E-state index in [4.69, 9.17) is 8.83 Å². The molecule has 0 aliphatic carbocycles. The molecule has 4 rings (SSSR count). The Balaban J connectivity index is 1.45. The predicted molar refractivity (Wildman–Crippen MR) is 96.0 cm³/mol. The second kappa shape index (κ2) is 6.52. The van der Waals surface area contributed by atoms with Gasteiger partial charge in [0.2, 0.25) is 5.91 Å². The first-order valence-electron chi connectivity index (χ1n) is 7.54. The van der Waals surface area contributed by atoms with Gasteiger partial charge in [-0.05, 0) is 44.4 Å². The largest absolute Gasteiger partial charge is 0.444 e. The fraction of sp³-hybridized carbons (Fsp3) is 0.0556. The second-order valence-electron chi connectivity index (χ2n) is 5.42. The Morgan fingerprint density at radius 3 is 2.64 bits per heavy atom. The molecule has 0 atom stereocenters. The molecule has 0 fully saturated rings. The molecule has 2 aromatic carbocycles. The zero-order valence-electron chi connectivity index (χ0n) is 12.9. The summed E-state index contributed by atoms with van der Waals surface area (Å²) < 4.78 is 11.3. The highest BCUT2D eigenvalue weighted by atomic mass is 79.9. The maximum atomic E-state index is 12.2. The van der Waals surface area contributed by atoms with E-state index in [0.717, 1.165) is 16.3 Å². The molecule has 0 radical (unpaired) electrons. The van der Waals surface area contributed by atoms with Crippen LogP contribution in [0.5, 0.6) is 0 Å². The molecule has 0 saturated heterocycles. The number of hydrogen-bond acceptors (Lipinski definition) is 5. The van der Waals surface area contributed by atoms with Crippen LogP contribution in [-0.4, -0.2) is 16.1 Å². The molecule has 25 heavy (non-hydrogen) atoms. The van der Waals surface area contributed by atoms with Crippen molar-refractivity contribution < 1.29 is 13.6 Å². The van der Waals surface area contributed by atoms with Crippen molar-refractivity contribution in [2.75, 3.05) is 5.32 Å². The van der Waals surface area contributed by atoms with Crippen molar-refractivity contribution in [2.45, 2.75) is 6.42 Å². The lowest BCUT2D eigenvalue weighted by atomic mass is 10.1. The van der Waals surface area contributed by atoms with Crippen molar-refractivity contribution in [2.24, 2.45) is 0 Å². The Morgan fingerprint density at radius 2 is 1.84 bits per heavy atom. The van der Waals surface area contributed by atoms with Gasteiger partial charge in [-0.3, -0.25) is 10.1 Å². The summed E-state index contributed by atoms with van der Waals surface area (Å²) in [5.74, 6) is 0.396. The summed E-state index contributed by atoms with van der Waals surface area (Å²) in [5.41, 5.74) is 0.908. The summed E-state index contributed by atoms with van der Waals surface area (Å²) in [7, 11) is 0. The van der Waals surface area contributed by atoms with Gasteiger partial charge in [-0.1, -0.05) is 47.6 Å². The number of nitrogens with one attached hydrogen (secondary N) is 1. The number of nitrogens with zero attached hydrogens (tertiary/aromatic N) is 2. The molecule has 0 spiro atoms. The number of anilines is 1. The number of aromatic nitrogens is 2. The molecule has 124 valence electrons. The van der Waals surface area contributed by atoms with E-state index in [0.29, 0.717) is 10.4 Å². The SMILES string of the molecule is O=C(Cc1ccc2ccccc2c1)Nc1nnc(-c2ccc(Br)o2)o1. The molecule has 0 saturated carbocycles. The lowest BCUT2D eigenvalue weighted by Crippen LogP contribution is -2.14. The molecule has 2 aromatic heterocycles. The van der Waals surface area contributed by atoms with E-state index in [9.17, 15) is 4.79 Å². The molecule has 1 amide bonds. The third-order valence-corrected chi connectivity index (χ3v) is 4.06. The highest BCUT2D eigenvalue weighted by Crippen LogP contribution is 2.25. The fourth-order valence-electron chi connectivity index (χ4n) is 2.50. The number of rotatable bonds is 4. The number of benzene rings is 2. The van der Waals surface area contributed by atoms with E-state index in [1.165, 1.54) is 0 Å². The average molecular weight is 398 g/mol. The Morgan fingerprint density at radius 1 is 1.00 bits per heavy atom. The number of hydrogen-bond donors (Lipinski definition) is 1. The van der Waals surface area contributed by atoms with Crippen LogP contribution in [0.25, 0.3) is 22.4 Å². The molecule has 0 unspecified atom stereocenters. The number of furan rings is 1. The van der Waals surface area contributed by atoms with Gasteiger partial charge in [-0.2, -0.15) is 0 Å². The zero-order chi connectivity index (χ0) is 17.2. The number of amides is 1. The van der Waals surface area contributed by atoms with Crippen LogP contribution < -0.4 is 5.32 Å². The van der Waals surface area contributed by atoms with Gasteiger partial charge in [-0.15, -0.1) is 5.10 Å². The van der Waals surface area contributed by atoms with Crippen molar-refractivity contribution in [1.82, 2.24) is 10.2 Å². The van der Waals surface area contributed by atoms with Crippen LogP contribution in [0.3, 0.4) is 0 Å². The molecule has 0 aliphatic rings. The van der Waals surface area contributed by atoms with Crippen molar-refractivity contribution in [3.05, 3.63) is 64.8 Å². The summed E-state index contributed by atoms with van der Waals surface area (Å²) in [5, 5.41) is 12.5. The topological polar surface area (TPSA) is 81.2 Å². The van der Waals surface area contributed by atoms with Gasteiger partial charge in [0.25, 0.3) is 5.89 Å². The summed E-state index contributed by atoms with van der Waals surface area (Å²) in [6.45, 7) is 0. The summed E-state index contributed by atoms with van der Waals surface area (Å²) in [4.78, 5) is 12.2.